The maximum absolute atomic E-state index is 14.1. The molecule has 1 aliphatic heterocycles. The van der Waals surface area contributed by atoms with Crippen molar-refractivity contribution in [1.82, 2.24) is 4.90 Å². The van der Waals surface area contributed by atoms with Crippen LogP contribution in [0.5, 0.6) is 0 Å². The Bertz CT molecular complexity index is 486. The van der Waals surface area contributed by atoms with Crippen molar-refractivity contribution >= 4 is 11.4 Å². The summed E-state index contributed by atoms with van der Waals surface area (Å²) in [5.74, 6) is 0.591. The zero-order chi connectivity index (χ0) is 16.8. The van der Waals surface area contributed by atoms with E-state index in [1.54, 1.807) is 6.07 Å². The molecule has 0 saturated carbocycles. The highest BCUT2D eigenvalue weighted by atomic mass is 19.1. The van der Waals surface area contributed by atoms with Gasteiger partial charge in [-0.1, -0.05) is 26.7 Å². The van der Waals surface area contributed by atoms with Crippen LogP contribution in [-0.4, -0.2) is 37.1 Å². The second kappa shape index (κ2) is 8.53. The Labute approximate surface area is 140 Å². The fraction of sp³-hybridized carbons (Fsp3) is 0.684. The molecule has 1 aliphatic rings. The summed E-state index contributed by atoms with van der Waals surface area (Å²) in [6, 6.07) is 5.47. The largest absolute Gasteiger partial charge is 0.399 e. The second-order valence-corrected chi connectivity index (χ2v) is 6.94. The molecule has 0 aliphatic carbocycles. The summed E-state index contributed by atoms with van der Waals surface area (Å²) in [7, 11) is 0. The van der Waals surface area contributed by atoms with E-state index in [0.717, 1.165) is 25.6 Å². The Morgan fingerprint density at radius 3 is 2.48 bits per heavy atom. The number of hydrogen-bond donors (Lipinski definition) is 1. The molecule has 1 unspecified atom stereocenters. The van der Waals surface area contributed by atoms with Gasteiger partial charge in [-0.25, -0.2) is 4.39 Å². The molecule has 130 valence electrons. The molecule has 2 N–H and O–H groups in total. The third-order valence-corrected chi connectivity index (χ3v) is 4.96. The van der Waals surface area contributed by atoms with Crippen molar-refractivity contribution in [2.75, 3.05) is 36.8 Å². The minimum absolute atomic E-state index is 0.208. The van der Waals surface area contributed by atoms with Crippen LogP contribution in [0.3, 0.4) is 0 Å². The van der Waals surface area contributed by atoms with Crippen LogP contribution in [-0.2, 0) is 0 Å². The van der Waals surface area contributed by atoms with Gasteiger partial charge in [0.2, 0.25) is 0 Å². The van der Waals surface area contributed by atoms with E-state index in [9.17, 15) is 4.39 Å². The van der Waals surface area contributed by atoms with Crippen LogP contribution in [0.25, 0.3) is 0 Å². The zero-order valence-corrected chi connectivity index (χ0v) is 14.9. The SMILES string of the molecule is CCCC(CCC)CN1CCN(c2ccc(N)cc2F)CC1C. The third-order valence-electron chi connectivity index (χ3n) is 4.96. The molecule has 4 heteroatoms. The lowest BCUT2D eigenvalue weighted by Crippen LogP contribution is -2.53. The third kappa shape index (κ3) is 4.84. The Hall–Kier alpha value is -1.29. The minimum Gasteiger partial charge on any atom is -0.399 e. The molecule has 2 rings (SSSR count). The lowest BCUT2D eigenvalue weighted by molar-refractivity contribution is 0.152. The first-order valence-electron chi connectivity index (χ1n) is 9.09. The van der Waals surface area contributed by atoms with E-state index >= 15 is 0 Å². The number of nitrogens with two attached hydrogens (primary N) is 1. The highest BCUT2D eigenvalue weighted by molar-refractivity contribution is 5.54. The molecule has 1 atom stereocenters. The van der Waals surface area contributed by atoms with Gasteiger partial charge in [0.15, 0.2) is 0 Å². The Morgan fingerprint density at radius 1 is 1.22 bits per heavy atom. The van der Waals surface area contributed by atoms with Gasteiger partial charge in [-0.2, -0.15) is 0 Å². The van der Waals surface area contributed by atoms with E-state index in [2.05, 4.69) is 30.6 Å². The van der Waals surface area contributed by atoms with Gasteiger partial charge in [0.1, 0.15) is 5.82 Å². The molecular weight excluding hydrogens is 289 g/mol. The standard InChI is InChI=1S/C19H32FN3/c1-4-6-16(7-5-2)14-22-10-11-23(13-15(22)3)19-9-8-17(21)12-18(19)20/h8-9,12,15-16H,4-7,10-11,13-14,21H2,1-3H3. The first-order valence-corrected chi connectivity index (χ1v) is 9.09. The smallest absolute Gasteiger partial charge is 0.148 e. The summed E-state index contributed by atoms with van der Waals surface area (Å²) >= 11 is 0. The first kappa shape index (κ1) is 18.1. The van der Waals surface area contributed by atoms with E-state index in [4.69, 9.17) is 5.73 Å². The van der Waals surface area contributed by atoms with Crippen LogP contribution in [0.15, 0.2) is 18.2 Å². The molecule has 0 amide bonds. The molecular formula is C19H32FN3. The number of nitrogens with zero attached hydrogens (tertiary/aromatic N) is 2. The van der Waals surface area contributed by atoms with Crippen molar-refractivity contribution in [1.29, 1.82) is 0 Å². The van der Waals surface area contributed by atoms with Gasteiger partial charge in [0.25, 0.3) is 0 Å². The monoisotopic (exact) mass is 321 g/mol. The van der Waals surface area contributed by atoms with Crippen LogP contribution in [0.2, 0.25) is 0 Å². The topological polar surface area (TPSA) is 32.5 Å². The molecule has 0 bridgehead atoms. The summed E-state index contributed by atoms with van der Waals surface area (Å²) in [6.07, 6.45) is 5.14. The van der Waals surface area contributed by atoms with Crippen LogP contribution in [0.4, 0.5) is 15.8 Å². The van der Waals surface area contributed by atoms with Crippen molar-refractivity contribution in [3.05, 3.63) is 24.0 Å². The van der Waals surface area contributed by atoms with Gasteiger partial charge in [-0.05, 0) is 43.9 Å². The molecule has 0 spiro atoms. The van der Waals surface area contributed by atoms with Crippen LogP contribution < -0.4 is 10.6 Å². The van der Waals surface area contributed by atoms with Crippen molar-refractivity contribution in [3.63, 3.8) is 0 Å². The predicted octanol–water partition coefficient (Wildman–Crippen LogP) is 4.13. The summed E-state index contributed by atoms with van der Waals surface area (Å²) in [6.45, 7) is 10.8. The fourth-order valence-corrected chi connectivity index (χ4v) is 3.74. The van der Waals surface area contributed by atoms with Crippen molar-refractivity contribution in [2.45, 2.75) is 52.5 Å². The Kier molecular flexibility index (Phi) is 6.70. The minimum atomic E-state index is -0.208. The number of nitrogen functional groups attached to an aromatic ring is 1. The number of halogens is 1. The van der Waals surface area contributed by atoms with E-state index in [-0.39, 0.29) is 5.82 Å². The maximum atomic E-state index is 14.1. The lowest BCUT2D eigenvalue weighted by Gasteiger charge is -2.42. The number of hydrogen-bond acceptors (Lipinski definition) is 3. The van der Waals surface area contributed by atoms with Gasteiger partial charge < -0.3 is 10.6 Å². The van der Waals surface area contributed by atoms with E-state index in [1.165, 1.54) is 38.3 Å². The number of rotatable bonds is 7. The maximum Gasteiger partial charge on any atom is 0.148 e. The van der Waals surface area contributed by atoms with Gasteiger partial charge in [-0.15, -0.1) is 0 Å². The summed E-state index contributed by atoms with van der Waals surface area (Å²) < 4.78 is 14.1. The highest BCUT2D eigenvalue weighted by Gasteiger charge is 2.26. The van der Waals surface area contributed by atoms with Gasteiger partial charge in [0.05, 0.1) is 5.69 Å². The van der Waals surface area contributed by atoms with Crippen LogP contribution in [0.1, 0.15) is 46.5 Å². The molecule has 3 nitrogen and oxygen atoms in total. The Balaban J connectivity index is 1.96. The molecule has 1 aromatic carbocycles. The lowest BCUT2D eigenvalue weighted by atomic mass is 9.96. The number of anilines is 2. The normalized spacial score (nSPS) is 19.5. The van der Waals surface area contributed by atoms with Crippen molar-refractivity contribution < 1.29 is 4.39 Å². The zero-order valence-electron chi connectivity index (χ0n) is 14.9. The fourth-order valence-electron chi connectivity index (χ4n) is 3.74. The molecule has 1 fully saturated rings. The predicted molar refractivity (Wildman–Crippen MR) is 97.4 cm³/mol. The molecule has 23 heavy (non-hydrogen) atoms. The van der Waals surface area contributed by atoms with Crippen molar-refractivity contribution in [2.24, 2.45) is 5.92 Å². The van der Waals surface area contributed by atoms with Crippen molar-refractivity contribution in [3.8, 4) is 0 Å². The highest BCUT2D eigenvalue weighted by Crippen LogP contribution is 2.25. The number of benzene rings is 1. The van der Waals surface area contributed by atoms with E-state index < -0.39 is 0 Å². The average molecular weight is 321 g/mol. The quantitative estimate of drug-likeness (QED) is 0.766. The molecule has 1 heterocycles. The summed E-state index contributed by atoms with van der Waals surface area (Å²) in [5.41, 5.74) is 6.82. The average Bonchev–Trinajstić information content (AvgIpc) is 2.50. The van der Waals surface area contributed by atoms with Gasteiger partial charge in [0, 0.05) is 37.9 Å². The Morgan fingerprint density at radius 2 is 1.91 bits per heavy atom. The first-order chi connectivity index (χ1) is 11.0. The second-order valence-electron chi connectivity index (χ2n) is 6.94. The van der Waals surface area contributed by atoms with E-state index in [0.29, 0.717) is 17.4 Å². The summed E-state index contributed by atoms with van der Waals surface area (Å²) in [5, 5.41) is 0. The molecule has 1 aromatic rings. The molecule has 0 aromatic heterocycles. The molecule has 1 saturated heterocycles. The van der Waals surface area contributed by atoms with Gasteiger partial charge >= 0.3 is 0 Å². The molecule has 0 radical (unpaired) electrons. The van der Waals surface area contributed by atoms with Crippen LogP contribution in [0, 0.1) is 11.7 Å². The van der Waals surface area contributed by atoms with Gasteiger partial charge in [-0.3, -0.25) is 4.90 Å². The summed E-state index contributed by atoms with van der Waals surface area (Å²) in [4.78, 5) is 4.74. The number of piperazine rings is 1. The van der Waals surface area contributed by atoms with E-state index in [1.807, 2.05) is 6.07 Å². The van der Waals surface area contributed by atoms with Crippen LogP contribution >= 0.6 is 0 Å².